The lowest BCUT2D eigenvalue weighted by Gasteiger charge is -2.25. The van der Waals surface area contributed by atoms with Crippen LogP contribution >= 0.6 is 45.2 Å². The maximum atomic E-state index is 13.4. The van der Waals surface area contributed by atoms with Gasteiger partial charge in [0, 0.05) is 32.0 Å². The number of aromatic nitrogens is 2. The number of nitrogens with zero attached hydrogens (tertiary/aromatic N) is 2. The van der Waals surface area contributed by atoms with Crippen LogP contribution in [0.1, 0.15) is 73.1 Å². The SMILES string of the molecule is CC(C)CC(NC(Cc1cncn1Cc1cc(I)cc(I)c1)C(=O)OCOC(=O)C(C)(C)C)C(=O)OCOC(=O)C(C)(C)C. The van der Waals surface area contributed by atoms with Gasteiger partial charge in [-0.1, -0.05) is 13.8 Å². The molecule has 11 nitrogen and oxygen atoms in total. The first-order chi connectivity index (χ1) is 20.4. The fraction of sp³-hybridized carbons (Fsp3) is 0.581. The van der Waals surface area contributed by atoms with Crippen molar-refractivity contribution in [1.29, 1.82) is 0 Å². The number of esters is 4. The minimum absolute atomic E-state index is 0.0511. The standard InChI is InChI=1S/C31H43I2N3O8/c1-19(2)9-24(26(37)41-17-43-28(39)30(3,4)5)35-25(27(38)42-18-44-29(40)31(6,7)8)13-23-14-34-16-36(23)15-20-10-21(32)12-22(33)11-20/h10-12,14,16,19,24-25,35H,9,13,15,17-18H2,1-8H3. The van der Waals surface area contributed by atoms with Gasteiger partial charge in [0.05, 0.1) is 17.2 Å². The van der Waals surface area contributed by atoms with Gasteiger partial charge in [0.15, 0.2) is 0 Å². The van der Waals surface area contributed by atoms with Crippen molar-refractivity contribution in [2.24, 2.45) is 16.7 Å². The molecule has 1 N–H and O–H groups in total. The monoisotopic (exact) mass is 839 g/mol. The number of nitrogens with one attached hydrogen (secondary N) is 1. The molecule has 0 aliphatic heterocycles. The molecular formula is C31H43I2N3O8. The number of ether oxygens (including phenoxy) is 4. The first-order valence-corrected chi connectivity index (χ1v) is 16.4. The van der Waals surface area contributed by atoms with E-state index in [4.69, 9.17) is 18.9 Å². The zero-order chi connectivity index (χ0) is 33.2. The van der Waals surface area contributed by atoms with E-state index in [1.807, 2.05) is 18.4 Å². The third-order valence-electron chi connectivity index (χ3n) is 6.17. The summed E-state index contributed by atoms with van der Waals surface area (Å²) in [5.41, 5.74) is 0.252. The Labute approximate surface area is 286 Å². The number of hydrogen-bond acceptors (Lipinski definition) is 10. The van der Waals surface area contributed by atoms with Crippen molar-refractivity contribution in [1.82, 2.24) is 14.9 Å². The molecule has 0 bridgehead atoms. The average Bonchev–Trinajstić information content (AvgIpc) is 3.31. The fourth-order valence-electron chi connectivity index (χ4n) is 3.84. The third-order valence-corrected chi connectivity index (χ3v) is 7.42. The summed E-state index contributed by atoms with van der Waals surface area (Å²) in [4.78, 5) is 55.1. The van der Waals surface area contributed by atoms with Crippen molar-refractivity contribution in [3.05, 3.63) is 49.1 Å². The van der Waals surface area contributed by atoms with Gasteiger partial charge in [-0.15, -0.1) is 0 Å². The molecule has 0 saturated heterocycles. The van der Waals surface area contributed by atoms with E-state index in [2.05, 4.69) is 73.7 Å². The Kier molecular flexibility index (Phi) is 14.5. The van der Waals surface area contributed by atoms with Crippen LogP contribution in [0.25, 0.3) is 0 Å². The smallest absolute Gasteiger partial charge is 0.326 e. The number of carbonyl (C=O) groups excluding carboxylic acids is 4. The van der Waals surface area contributed by atoms with Gasteiger partial charge in [0.25, 0.3) is 0 Å². The lowest BCUT2D eigenvalue weighted by Crippen LogP contribution is -2.50. The first-order valence-electron chi connectivity index (χ1n) is 14.2. The van der Waals surface area contributed by atoms with Crippen LogP contribution in [0.2, 0.25) is 0 Å². The summed E-state index contributed by atoms with van der Waals surface area (Å²) < 4.78 is 25.0. The zero-order valence-electron chi connectivity index (χ0n) is 26.6. The third kappa shape index (κ3) is 13.0. The second-order valence-electron chi connectivity index (χ2n) is 12.9. The molecule has 0 aliphatic rings. The molecule has 0 aliphatic carbocycles. The maximum Gasteiger partial charge on any atom is 0.326 e. The molecule has 0 saturated carbocycles. The lowest BCUT2D eigenvalue weighted by atomic mass is 9.97. The van der Waals surface area contributed by atoms with Crippen molar-refractivity contribution in [2.45, 2.75) is 86.9 Å². The maximum absolute atomic E-state index is 13.4. The van der Waals surface area contributed by atoms with Crippen molar-refractivity contribution in [2.75, 3.05) is 13.6 Å². The highest BCUT2D eigenvalue weighted by atomic mass is 127. The number of carbonyl (C=O) groups is 4. The van der Waals surface area contributed by atoms with E-state index >= 15 is 0 Å². The minimum Gasteiger partial charge on any atom is -0.427 e. The Morgan fingerprint density at radius 2 is 1.32 bits per heavy atom. The highest BCUT2D eigenvalue weighted by Gasteiger charge is 2.32. The van der Waals surface area contributed by atoms with Gasteiger partial charge in [-0.05, 0) is 123 Å². The molecule has 0 radical (unpaired) electrons. The van der Waals surface area contributed by atoms with E-state index in [-0.39, 0.29) is 12.3 Å². The van der Waals surface area contributed by atoms with Crippen LogP contribution < -0.4 is 5.32 Å². The van der Waals surface area contributed by atoms with Crippen LogP contribution in [0.15, 0.2) is 30.7 Å². The molecule has 1 heterocycles. The highest BCUT2D eigenvalue weighted by molar-refractivity contribution is 14.1. The molecule has 2 rings (SSSR count). The van der Waals surface area contributed by atoms with Gasteiger partial charge in [0.2, 0.25) is 13.6 Å². The van der Waals surface area contributed by atoms with E-state index in [9.17, 15) is 19.2 Å². The number of hydrogen-bond donors (Lipinski definition) is 1. The molecular weight excluding hydrogens is 796 g/mol. The molecule has 244 valence electrons. The fourth-order valence-corrected chi connectivity index (χ4v) is 5.91. The number of benzene rings is 1. The molecule has 1 aromatic carbocycles. The Balaban J connectivity index is 2.27. The van der Waals surface area contributed by atoms with Crippen LogP contribution in [-0.2, 0) is 51.1 Å². The second-order valence-corrected chi connectivity index (χ2v) is 15.4. The number of halogens is 2. The van der Waals surface area contributed by atoms with Crippen LogP contribution in [0.4, 0.5) is 0 Å². The Morgan fingerprint density at radius 1 is 0.818 bits per heavy atom. The van der Waals surface area contributed by atoms with Crippen LogP contribution in [0.3, 0.4) is 0 Å². The van der Waals surface area contributed by atoms with E-state index in [0.29, 0.717) is 13.0 Å². The summed E-state index contributed by atoms with van der Waals surface area (Å²) in [6, 6.07) is 4.26. The Hall–Kier alpha value is -2.27. The molecule has 1 aromatic heterocycles. The predicted octanol–water partition coefficient (Wildman–Crippen LogP) is 5.24. The Bertz CT molecular complexity index is 1280. The molecule has 13 heteroatoms. The van der Waals surface area contributed by atoms with Crippen LogP contribution in [0.5, 0.6) is 0 Å². The topological polar surface area (TPSA) is 135 Å². The summed E-state index contributed by atoms with van der Waals surface area (Å²) in [6.45, 7) is 13.4. The highest BCUT2D eigenvalue weighted by Crippen LogP contribution is 2.19. The van der Waals surface area contributed by atoms with E-state index < -0.39 is 60.4 Å². The molecule has 2 unspecified atom stereocenters. The molecule has 2 atom stereocenters. The summed E-state index contributed by atoms with van der Waals surface area (Å²) in [6.07, 6.45) is 3.78. The number of imidazole rings is 1. The molecule has 0 spiro atoms. The summed E-state index contributed by atoms with van der Waals surface area (Å²) in [5, 5.41) is 3.10. The van der Waals surface area contributed by atoms with Crippen LogP contribution in [-0.4, -0.2) is 59.1 Å². The van der Waals surface area contributed by atoms with Crippen molar-refractivity contribution >= 4 is 69.1 Å². The summed E-state index contributed by atoms with van der Waals surface area (Å²) in [5.74, 6) is -2.38. The zero-order valence-corrected chi connectivity index (χ0v) is 30.9. The number of rotatable bonds is 14. The van der Waals surface area contributed by atoms with E-state index in [0.717, 1.165) is 18.4 Å². The minimum atomic E-state index is -1.02. The van der Waals surface area contributed by atoms with Crippen LogP contribution in [0, 0.1) is 23.9 Å². The van der Waals surface area contributed by atoms with Gasteiger partial charge in [0.1, 0.15) is 12.1 Å². The molecule has 0 fully saturated rings. The van der Waals surface area contributed by atoms with Gasteiger partial charge >= 0.3 is 23.9 Å². The first kappa shape index (κ1) is 37.9. The summed E-state index contributed by atoms with van der Waals surface area (Å²) in [7, 11) is 0. The van der Waals surface area contributed by atoms with E-state index in [1.165, 1.54) is 0 Å². The van der Waals surface area contributed by atoms with Gasteiger partial charge in [-0.3, -0.25) is 24.5 Å². The van der Waals surface area contributed by atoms with E-state index in [1.54, 1.807) is 54.1 Å². The molecule has 2 aromatic rings. The lowest BCUT2D eigenvalue weighted by molar-refractivity contribution is -0.175. The average molecular weight is 840 g/mol. The van der Waals surface area contributed by atoms with Gasteiger partial charge in [-0.25, -0.2) is 4.98 Å². The largest absolute Gasteiger partial charge is 0.427 e. The van der Waals surface area contributed by atoms with Gasteiger partial charge in [-0.2, -0.15) is 0 Å². The quantitative estimate of drug-likeness (QED) is 0.153. The van der Waals surface area contributed by atoms with Crippen molar-refractivity contribution in [3.63, 3.8) is 0 Å². The molecule has 44 heavy (non-hydrogen) atoms. The summed E-state index contributed by atoms with van der Waals surface area (Å²) >= 11 is 4.54. The molecule has 0 amide bonds. The normalized spacial score (nSPS) is 13.2. The second kappa shape index (κ2) is 16.9. The van der Waals surface area contributed by atoms with Crippen molar-refractivity contribution < 1.29 is 38.1 Å². The predicted molar refractivity (Wildman–Crippen MR) is 180 cm³/mol. The van der Waals surface area contributed by atoms with Gasteiger partial charge < -0.3 is 23.5 Å². The Morgan fingerprint density at radius 3 is 1.80 bits per heavy atom. The van der Waals surface area contributed by atoms with Crippen molar-refractivity contribution in [3.8, 4) is 0 Å².